The zero-order valence-corrected chi connectivity index (χ0v) is 13.8. The molecule has 1 heterocycles. The van der Waals surface area contributed by atoms with Crippen molar-refractivity contribution in [2.75, 3.05) is 20.1 Å². The molecule has 1 aromatic rings. The first-order chi connectivity index (χ1) is 10.0. The number of benzene rings is 1. The fraction of sp³-hybridized carbons (Fsp3) is 0.571. The maximum absolute atomic E-state index is 12.5. The molecule has 1 atom stereocenters. The molecule has 7 heteroatoms. The highest BCUT2D eigenvalue weighted by molar-refractivity contribution is 7.87. The fourth-order valence-corrected chi connectivity index (χ4v) is 4.30. The largest absolute Gasteiger partial charge is 0.318 e. The van der Waals surface area contributed by atoms with Crippen LogP contribution < -0.4 is 10.0 Å². The van der Waals surface area contributed by atoms with Crippen molar-refractivity contribution in [3.63, 3.8) is 0 Å². The van der Waals surface area contributed by atoms with Crippen LogP contribution in [-0.4, -0.2) is 38.9 Å². The van der Waals surface area contributed by atoms with Gasteiger partial charge in [-0.2, -0.15) is 17.4 Å². The number of nitrogens with zero attached hydrogens (tertiary/aromatic N) is 1. The highest BCUT2D eigenvalue weighted by Crippen LogP contribution is 2.19. The molecule has 2 rings (SSSR count). The molecule has 21 heavy (non-hydrogen) atoms. The number of rotatable bonds is 6. The Labute approximate surface area is 131 Å². The minimum atomic E-state index is -3.47. The Balaban J connectivity index is 2.02. The molecule has 1 aromatic carbocycles. The van der Waals surface area contributed by atoms with Gasteiger partial charge >= 0.3 is 0 Å². The first-order valence-corrected chi connectivity index (χ1v) is 9.00. The summed E-state index contributed by atoms with van der Waals surface area (Å²) in [5.74, 6) is 0. The van der Waals surface area contributed by atoms with Crippen molar-refractivity contribution in [1.82, 2.24) is 14.3 Å². The van der Waals surface area contributed by atoms with Crippen LogP contribution in [0.4, 0.5) is 0 Å². The molecule has 118 valence electrons. The Bertz CT molecular complexity index is 563. The van der Waals surface area contributed by atoms with E-state index in [-0.39, 0.29) is 12.6 Å². The van der Waals surface area contributed by atoms with E-state index >= 15 is 0 Å². The number of hydrogen-bond donors (Lipinski definition) is 2. The molecule has 0 radical (unpaired) electrons. The highest BCUT2D eigenvalue weighted by Gasteiger charge is 2.31. The molecule has 0 bridgehead atoms. The highest BCUT2D eigenvalue weighted by atomic mass is 35.5. The van der Waals surface area contributed by atoms with Crippen LogP contribution >= 0.6 is 11.6 Å². The Morgan fingerprint density at radius 3 is 2.90 bits per heavy atom. The lowest BCUT2D eigenvalue weighted by Crippen LogP contribution is -2.51. The van der Waals surface area contributed by atoms with E-state index in [1.807, 2.05) is 19.2 Å². The van der Waals surface area contributed by atoms with Crippen LogP contribution in [0.25, 0.3) is 0 Å². The van der Waals surface area contributed by atoms with Gasteiger partial charge < -0.3 is 5.32 Å². The summed E-state index contributed by atoms with van der Waals surface area (Å²) in [6.07, 6.45) is 2.89. The predicted octanol–water partition coefficient (Wildman–Crippen LogP) is 1.75. The van der Waals surface area contributed by atoms with Gasteiger partial charge in [0.15, 0.2) is 0 Å². The van der Waals surface area contributed by atoms with Gasteiger partial charge in [0.1, 0.15) is 0 Å². The standard InChI is InChI=1S/C14H22ClN3O2S/c1-16-11-14-7-2-3-8-18(14)21(19,20)17-10-12-5-4-6-13(15)9-12/h4-6,9,14,16-17H,2-3,7-8,10-11H2,1H3. The average Bonchev–Trinajstić information content (AvgIpc) is 2.46. The first kappa shape index (κ1) is 16.7. The summed E-state index contributed by atoms with van der Waals surface area (Å²) in [6.45, 7) is 1.51. The number of nitrogens with one attached hydrogen (secondary N) is 2. The third-order valence-electron chi connectivity index (χ3n) is 3.67. The summed E-state index contributed by atoms with van der Waals surface area (Å²) >= 11 is 5.91. The Kier molecular flexibility index (Phi) is 6.01. The van der Waals surface area contributed by atoms with Crippen LogP contribution in [0.15, 0.2) is 24.3 Å². The maximum atomic E-state index is 12.5. The second-order valence-corrected chi connectivity index (χ2v) is 7.42. The van der Waals surface area contributed by atoms with Gasteiger partial charge in [-0.3, -0.25) is 0 Å². The number of halogens is 1. The lowest BCUT2D eigenvalue weighted by atomic mass is 10.1. The summed E-state index contributed by atoms with van der Waals surface area (Å²) in [5, 5.41) is 3.68. The van der Waals surface area contributed by atoms with E-state index in [1.54, 1.807) is 16.4 Å². The molecule has 1 aliphatic rings. The zero-order valence-electron chi connectivity index (χ0n) is 12.2. The van der Waals surface area contributed by atoms with Crippen molar-refractivity contribution >= 4 is 21.8 Å². The first-order valence-electron chi connectivity index (χ1n) is 7.18. The second-order valence-electron chi connectivity index (χ2n) is 5.27. The summed E-state index contributed by atoms with van der Waals surface area (Å²) in [7, 11) is -1.62. The smallest absolute Gasteiger partial charge is 0.280 e. The molecule has 1 saturated heterocycles. The molecular weight excluding hydrogens is 310 g/mol. The number of likely N-dealkylation sites (N-methyl/N-ethyl adjacent to an activating group) is 1. The van der Waals surface area contributed by atoms with Crippen molar-refractivity contribution < 1.29 is 8.42 Å². The van der Waals surface area contributed by atoms with Crippen LogP contribution in [0.3, 0.4) is 0 Å². The summed E-state index contributed by atoms with van der Waals surface area (Å²) in [4.78, 5) is 0. The molecule has 1 aliphatic heterocycles. The second kappa shape index (κ2) is 7.56. The quantitative estimate of drug-likeness (QED) is 0.835. The summed E-state index contributed by atoms with van der Waals surface area (Å²) in [6, 6.07) is 7.24. The van der Waals surface area contributed by atoms with Crippen molar-refractivity contribution in [3.05, 3.63) is 34.9 Å². The molecule has 0 aromatic heterocycles. The predicted molar refractivity (Wildman–Crippen MR) is 85.5 cm³/mol. The Morgan fingerprint density at radius 2 is 2.19 bits per heavy atom. The molecule has 1 fully saturated rings. The average molecular weight is 332 g/mol. The van der Waals surface area contributed by atoms with Gasteiger partial charge in [0.25, 0.3) is 10.2 Å². The van der Waals surface area contributed by atoms with Crippen LogP contribution in [0, 0.1) is 0 Å². The van der Waals surface area contributed by atoms with E-state index in [0.717, 1.165) is 24.8 Å². The molecule has 1 unspecified atom stereocenters. The molecule has 0 amide bonds. The SMILES string of the molecule is CNCC1CCCCN1S(=O)(=O)NCc1cccc(Cl)c1. The maximum Gasteiger partial charge on any atom is 0.280 e. The fourth-order valence-electron chi connectivity index (χ4n) is 2.63. The normalized spacial score (nSPS) is 20.6. The van der Waals surface area contributed by atoms with Crippen LogP contribution in [0.1, 0.15) is 24.8 Å². The van der Waals surface area contributed by atoms with Crippen molar-refractivity contribution in [3.8, 4) is 0 Å². The molecular formula is C14H22ClN3O2S. The summed E-state index contributed by atoms with van der Waals surface area (Å²) in [5.41, 5.74) is 0.855. The van der Waals surface area contributed by atoms with Crippen molar-refractivity contribution in [2.45, 2.75) is 31.8 Å². The molecule has 2 N–H and O–H groups in total. The minimum absolute atomic E-state index is 0.0283. The van der Waals surface area contributed by atoms with E-state index in [1.165, 1.54) is 0 Å². The summed E-state index contributed by atoms with van der Waals surface area (Å²) < 4.78 is 29.2. The lowest BCUT2D eigenvalue weighted by Gasteiger charge is -2.34. The van der Waals surface area contributed by atoms with Gasteiger partial charge in [-0.25, -0.2) is 0 Å². The van der Waals surface area contributed by atoms with Gasteiger partial charge in [0, 0.05) is 30.7 Å². The van der Waals surface area contributed by atoms with Gasteiger partial charge in [0.05, 0.1) is 0 Å². The third-order valence-corrected chi connectivity index (χ3v) is 5.51. The van der Waals surface area contributed by atoms with E-state index in [0.29, 0.717) is 18.1 Å². The monoisotopic (exact) mass is 331 g/mol. The van der Waals surface area contributed by atoms with Crippen molar-refractivity contribution in [1.29, 1.82) is 0 Å². The molecule has 0 spiro atoms. The van der Waals surface area contributed by atoms with Gasteiger partial charge in [0.2, 0.25) is 0 Å². The minimum Gasteiger partial charge on any atom is -0.318 e. The number of piperidine rings is 1. The topological polar surface area (TPSA) is 61.4 Å². The van der Waals surface area contributed by atoms with Gasteiger partial charge in [-0.05, 0) is 37.6 Å². The molecule has 0 aliphatic carbocycles. The van der Waals surface area contributed by atoms with E-state index in [2.05, 4.69) is 10.0 Å². The van der Waals surface area contributed by atoms with Crippen molar-refractivity contribution in [2.24, 2.45) is 0 Å². The lowest BCUT2D eigenvalue weighted by molar-refractivity contribution is 0.246. The van der Waals surface area contributed by atoms with Gasteiger partial charge in [-0.15, -0.1) is 0 Å². The van der Waals surface area contributed by atoms with Crippen LogP contribution in [0.5, 0.6) is 0 Å². The van der Waals surface area contributed by atoms with Gasteiger partial charge in [-0.1, -0.05) is 30.2 Å². The van der Waals surface area contributed by atoms with E-state index in [4.69, 9.17) is 11.6 Å². The Morgan fingerprint density at radius 1 is 1.38 bits per heavy atom. The van der Waals surface area contributed by atoms with Crippen LogP contribution in [0.2, 0.25) is 5.02 Å². The molecule has 5 nitrogen and oxygen atoms in total. The Hall–Kier alpha value is -0.660. The zero-order chi connectivity index (χ0) is 15.3. The third kappa shape index (κ3) is 4.66. The van der Waals surface area contributed by atoms with Crippen LogP contribution in [-0.2, 0) is 16.8 Å². The van der Waals surface area contributed by atoms with E-state index in [9.17, 15) is 8.42 Å². The molecule has 0 saturated carbocycles. The van der Waals surface area contributed by atoms with E-state index < -0.39 is 10.2 Å². The number of hydrogen-bond acceptors (Lipinski definition) is 3.